The van der Waals surface area contributed by atoms with Crippen LogP contribution in [-0.2, 0) is 9.53 Å². The maximum absolute atomic E-state index is 12.5. The van der Waals surface area contributed by atoms with Crippen LogP contribution in [0.15, 0.2) is 0 Å². The average molecular weight is 339 g/mol. The Balaban J connectivity index is 1.75. The van der Waals surface area contributed by atoms with Crippen molar-refractivity contribution in [2.24, 2.45) is 5.92 Å². The lowest BCUT2D eigenvalue weighted by atomic mass is 10.00. The monoisotopic (exact) mass is 339 g/mol. The highest BCUT2D eigenvalue weighted by molar-refractivity contribution is 5.78. The van der Waals surface area contributed by atoms with Crippen LogP contribution in [0.5, 0.6) is 0 Å². The van der Waals surface area contributed by atoms with E-state index in [0.717, 1.165) is 65.0 Å². The smallest absolute Gasteiger partial charge is 0.409 e. The second kappa shape index (κ2) is 9.25. The molecule has 6 heteroatoms. The number of hydrogen-bond donors (Lipinski definition) is 0. The Hall–Kier alpha value is -1.30. The summed E-state index contributed by atoms with van der Waals surface area (Å²) in [6.45, 7) is 11.6. The van der Waals surface area contributed by atoms with Gasteiger partial charge in [0.25, 0.3) is 0 Å². The first-order chi connectivity index (χ1) is 11.6. The van der Waals surface area contributed by atoms with Crippen molar-refractivity contribution in [3.63, 3.8) is 0 Å². The summed E-state index contributed by atoms with van der Waals surface area (Å²) in [6.07, 6.45) is 3.68. The van der Waals surface area contributed by atoms with E-state index in [9.17, 15) is 9.59 Å². The van der Waals surface area contributed by atoms with Crippen molar-refractivity contribution < 1.29 is 14.3 Å². The molecule has 138 valence electrons. The molecule has 0 aromatic heterocycles. The molecule has 2 saturated heterocycles. The van der Waals surface area contributed by atoms with Gasteiger partial charge in [0.05, 0.1) is 6.61 Å². The molecule has 0 atom stereocenters. The highest BCUT2D eigenvalue weighted by atomic mass is 16.6. The maximum Gasteiger partial charge on any atom is 0.409 e. The molecule has 0 bridgehead atoms. The average Bonchev–Trinajstić information content (AvgIpc) is 2.63. The lowest BCUT2D eigenvalue weighted by molar-refractivity contribution is -0.138. The SMILES string of the molecule is CCOC(=O)N1CCC(N2CCN(C(=O)C(CC)CC)CC2)CC1. The number of hydrogen-bond acceptors (Lipinski definition) is 4. The second-order valence-corrected chi connectivity index (χ2v) is 6.79. The first-order valence-corrected chi connectivity index (χ1v) is 9.55. The quantitative estimate of drug-likeness (QED) is 0.770. The molecule has 2 heterocycles. The summed E-state index contributed by atoms with van der Waals surface area (Å²) in [5.41, 5.74) is 0. The standard InChI is InChI=1S/C18H33N3O3/c1-4-15(5-2)17(22)20-13-11-19(12-14-20)16-7-9-21(10-8-16)18(23)24-6-3/h15-16H,4-14H2,1-3H3. The van der Waals surface area contributed by atoms with Gasteiger partial charge in [0.1, 0.15) is 0 Å². The minimum absolute atomic E-state index is 0.184. The molecule has 0 unspecified atom stereocenters. The van der Waals surface area contributed by atoms with Gasteiger partial charge in [0.15, 0.2) is 0 Å². The van der Waals surface area contributed by atoms with Crippen molar-refractivity contribution in [1.82, 2.24) is 14.7 Å². The van der Waals surface area contributed by atoms with E-state index in [-0.39, 0.29) is 12.0 Å². The molecule has 0 aromatic rings. The molecule has 2 aliphatic heterocycles. The number of likely N-dealkylation sites (tertiary alicyclic amines) is 1. The summed E-state index contributed by atoms with van der Waals surface area (Å²) in [4.78, 5) is 30.6. The van der Waals surface area contributed by atoms with Gasteiger partial charge in [-0.3, -0.25) is 9.69 Å². The normalized spacial score (nSPS) is 20.5. The molecule has 0 N–H and O–H groups in total. The summed E-state index contributed by atoms with van der Waals surface area (Å²) < 4.78 is 5.08. The highest BCUT2D eigenvalue weighted by Gasteiger charge is 2.31. The molecular weight excluding hydrogens is 306 g/mol. The fourth-order valence-electron chi connectivity index (χ4n) is 3.83. The first-order valence-electron chi connectivity index (χ1n) is 9.55. The van der Waals surface area contributed by atoms with Gasteiger partial charge in [-0.05, 0) is 32.6 Å². The van der Waals surface area contributed by atoms with Crippen molar-refractivity contribution in [3.05, 3.63) is 0 Å². The van der Waals surface area contributed by atoms with Crippen molar-refractivity contribution in [2.45, 2.75) is 52.5 Å². The summed E-state index contributed by atoms with van der Waals surface area (Å²) >= 11 is 0. The van der Waals surface area contributed by atoms with Gasteiger partial charge in [0, 0.05) is 51.2 Å². The molecule has 2 aliphatic rings. The minimum Gasteiger partial charge on any atom is -0.450 e. The topological polar surface area (TPSA) is 53.1 Å². The molecule has 2 amide bonds. The van der Waals surface area contributed by atoms with Gasteiger partial charge in [-0.25, -0.2) is 4.79 Å². The Bertz CT molecular complexity index is 410. The Labute approximate surface area is 146 Å². The fraction of sp³-hybridized carbons (Fsp3) is 0.889. The third-order valence-electron chi connectivity index (χ3n) is 5.47. The molecule has 0 spiro atoms. The molecule has 6 nitrogen and oxygen atoms in total. The first kappa shape index (κ1) is 19.0. The summed E-state index contributed by atoms with van der Waals surface area (Å²) in [5, 5.41) is 0. The van der Waals surface area contributed by atoms with Crippen LogP contribution in [0.25, 0.3) is 0 Å². The number of carbonyl (C=O) groups is 2. The van der Waals surface area contributed by atoms with Crippen LogP contribution in [0, 0.1) is 5.92 Å². The second-order valence-electron chi connectivity index (χ2n) is 6.79. The van der Waals surface area contributed by atoms with Gasteiger partial charge < -0.3 is 14.5 Å². The Kier molecular flexibility index (Phi) is 7.34. The maximum atomic E-state index is 12.5. The molecule has 0 aliphatic carbocycles. The van der Waals surface area contributed by atoms with Gasteiger partial charge >= 0.3 is 6.09 Å². The zero-order valence-corrected chi connectivity index (χ0v) is 15.5. The van der Waals surface area contributed by atoms with Gasteiger partial charge in [-0.2, -0.15) is 0 Å². The molecule has 0 aromatic carbocycles. The molecule has 2 fully saturated rings. The van der Waals surface area contributed by atoms with E-state index in [0.29, 0.717) is 18.6 Å². The Morgan fingerprint density at radius 2 is 1.50 bits per heavy atom. The van der Waals surface area contributed by atoms with E-state index in [4.69, 9.17) is 4.74 Å². The van der Waals surface area contributed by atoms with Crippen LogP contribution in [0.1, 0.15) is 46.5 Å². The lowest BCUT2D eigenvalue weighted by Crippen LogP contribution is -2.55. The number of ether oxygens (including phenoxy) is 1. The number of piperazine rings is 1. The van der Waals surface area contributed by atoms with Crippen LogP contribution in [0.3, 0.4) is 0 Å². The van der Waals surface area contributed by atoms with Crippen molar-refractivity contribution in [1.29, 1.82) is 0 Å². The van der Waals surface area contributed by atoms with Gasteiger partial charge in [-0.15, -0.1) is 0 Å². The molecular formula is C18H33N3O3. The summed E-state index contributed by atoms with van der Waals surface area (Å²) in [5.74, 6) is 0.515. The largest absolute Gasteiger partial charge is 0.450 e. The predicted octanol–water partition coefficient (Wildman–Crippen LogP) is 2.19. The summed E-state index contributed by atoms with van der Waals surface area (Å²) in [6, 6.07) is 0.529. The molecule has 0 radical (unpaired) electrons. The third-order valence-corrected chi connectivity index (χ3v) is 5.47. The highest BCUT2D eigenvalue weighted by Crippen LogP contribution is 2.20. The summed E-state index contributed by atoms with van der Waals surface area (Å²) in [7, 11) is 0. The molecule has 2 rings (SSSR count). The van der Waals surface area contributed by atoms with Crippen LogP contribution < -0.4 is 0 Å². The van der Waals surface area contributed by atoms with E-state index in [1.807, 2.05) is 16.7 Å². The van der Waals surface area contributed by atoms with Gasteiger partial charge in [-0.1, -0.05) is 13.8 Å². The number of amides is 2. The van der Waals surface area contributed by atoms with E-state index in [1.165, 1.54) is 0 Å². The molecule has 0 saturated carbocycles. The number of piperidine rings is 1. The predicted molar refractivity (Wildman–Crippen MR) is 93.8 cm³/mol. The van der Waals surface area contributed by atoms with E-state index in [2.05, 4.69) is 18.7 Å². The Morgan fingerprint density at radius 3 is 2.00 bits per heavy atom. The van der Waals surface area contributed by atoms with Crippen molar-refractivity contribution in [3.8, 4) is 0 Å². The zero-order chi connectivity index (χ0) is 17.5. The fourth-order valence-corrected chi connectivity index (χ4v) is 3.83. The molecule has 24 heavy (non-hydrogen) atoms. The lowest BCUT2D eigenvalue weighted by Gasteiger charge is -2.43. The number of carbonyl (C=O) groups excluding carboxylic acids is 2. The van der Waals surface area contributed by atoms with E-state index in [1.54, 1.807) is 0 Å². The number of nitrogens with zero attached hydrogens (tertiary/aromatic N) is 3. The zero-order valence-electron chi connectivity index (χ0n) is 15.5. The van der Waals surface area contributed by atoms with Gasteiger partial charge in [0.2, 0.25) is 5.91 Å². The van der Waals surface area contributed by atoms with Crippen molar-refractivity contribution in [2.75, 3.05) is 45.9 Å². The Morgan fingerprint density at radius 1 is 0.917 bits per heavy atom. The van der Waals surface area contributed by atoms with Crippen molar-refractivity contribution >= 4 is 12.0 Å². The van der Waals surface area contributed by atoms with Crippen LogP contribution >= 0.6 is 0 Å². The minimum atomic E-state index is -0.184. The van der Waals surface area contributed by atoms with Crippen LogP contribution in [-0.4, -0.2) is 78.6 Å². The third kappa shape index (κ3) is 4.62. The van der Waals surface area contributed by atoms with E-state index >= 15 is 0 Å². The van der Waals surface area contributed by atoms with Crippen LogP contribution in [0.4, 0.5) is 4.79 Å². The van der Waals surface area contributed by atoms with E-state index < -0.39 is 0 Å². The number of rotatable bonds is 5. The van der Waals surface area contributed by atoms with Crippen LogP contribution in [0.2, 0.25) is 0 Å².